The van der Waals surface area contributed by atoms with Crippen molar-refractivity contribution in [2.24, 2.45) is 0 Å². The van der Waals surface area contributed by atoms with Crippen LogP contribution >= 0.6 is 0 Å². The molecule has 6 nitrogen and oxygen atoms in total. The minimum absolute atomic E-state index is 0.0595. The average molecular weight is 391 g/mol. The number of tetrazole rings is 1. The highest BCUT2D eigenvalue weighted by Gasteiger charge is 2.33. The first-order chi connectivity index (χ1) is 14.0. The molecule has 0 radical (unpaired) electrons. The highest BCUT2D eigenvalue weighted by Crippen LogP contribution is 2.30. The van der Waals surface area contributed by atoms with E-state index >= 15 is 0 Å². The lowest BCUT2D eigenvalue weighted by atomic mass is 10.0. The minimum atomic E-state index is -0.166. The number of benzene rings is 2. The number of piperazine rings is 1. The third-order valence-electron chi connectivity index (χ3n) is 5.51. The molecule has 1 aromatic heterocycles. The Labute approximate surface area is 173 Å². The van der Waals surface area contributed by atoms with E-state index in [0.29, 0.717) is 0 Å². The number of aromatic nitrogens is 4. The highest BCUT2D eigenvalue weighted by atomic mass is 15.6. The summed E-state index contributed by atoms with van der Waals surface area (Å²) in [6.45, 7) is 11.5. The maximum Gasteiger partial charge on any atom is 0.173 e. The van der Waals surface area contributed by atoms with Gasteiger partial charge in [0, 0.05) is 32.7 Å². The zero-order valence-electron chi connectivity index (χ0n) is 17.6. The molecule has 0 N–H and O–H groups in total. The molecular weight excluding hydrogens is 360 g/mol. The van der Waals surface area contributed by atoms with Crippen LogP contribution in [0.3, 0.4) is 0 Å². The summed E-state index contributed by atoms with van der Waals surface area (Å²) in [5.74, 6) is 0.917. The van der Waals surface area contributed by atoms with Crippen LogP contribution in [0.5, 0.6) is 0 Å². The van der Waals surface area contributed by atoms with Crippen molar-refractivity contribution < 1.29 is 0 Å². The second-order valence-electron chi connectivity index (χ2n) is 8.73. The zero-order chi connectivity index (χ0) is 20.3. The molecule has 152 valence electrons. The molecule has 1 aliphatic rings. The molecule has 2 heterocycles. The normalized spacial score (nSPS) is 17.3. The largest absolute Gasteiger partial charge is 0.297 e. The van der Waals surface area contributed by atoms with Crippen LogP contribution in [0.25, 0.3) is 0 Å². The van der Waals surface area contributed by atoms with Crippen LogP contribution in [0.2, 0.25) is 0 Å². The Hall–Kier alpha value is -2.57. The van der Waals surface area contributed by atoms with Crippen molar-refractivity contribution in [2.45, 2.75) is 38.9 Å². The molecule has 4 rings (SSSR count). The van der Waals surface area contributed by atoms with E-state index < -0.39 is 0 Å². The van der Waals surface area contributed by atoms with Crippen molar-refractivity contribution in [3.05, 3.63) is 77.6 Å². The molecule has 2 aromatic carbocycles. The van der Waals surface area contributed by atoms with Crippen LogP contribution in [-0.4, -0.2) is 56.2 Å². The SMILES string of the molecule is CC(C)(C)n1nnnc1[C@H](c1ccccc1)N1CCN(Cc2ccccc2)CC1. The predicted molar refractivity (Wildman–Crippen MR) is 114 cm³/mol. The molecular formula is C23H30N6. The number of hydrogen-bond acceptors (Lipinski definition) is 5. The van der Waals surface area contributed by atoms with Gasteiger partial charge >= 0.3 is 0 Å². The molecule has 1 saturated heterocycles. The lowest BCUT2D eigenvalue weighted by Crippen LogP contribution is -2.48. The van der Waals surface area contributed by atoms with Crippen LogP contribution in [0.1, 0.15) is 43.8 Å². The smallest absolute Gasteiger partial charge is 0.173 e. The Morgan fingerprint density at radius 2 is 1.48 bits per heavy atom. The Kier molecular flexibility index (Phi) is 5.74. The average Bonchev–Trinajstić information content (AvgIpc) is 3.21. The third kappa shape index (κ3) is 4.54. The summed E-state index contributed by atoms with van der Waals surface area (Å²) in [5.41, 5.74) is 2.45. The van der Waals surface area contributed by atoms with E-state index in [1.165, 1.54) is 11.1 Å². The summed E-state index contributed by atoms with van der Waals surface area (Å²) in [6, 6.07) is 21.4. The molecule has 0 amide bonds. The van der Waals surface area contributed by atoms with E-state index in [1.54, 1.807) is 0 Å². The van der Waals surface area contributed by atoms with Gasteiger partial charge in [0.05, 0.1) is 11.6 Å². The first-order valence-corrected chi connectivity index (χ1v) is 10.4. The molecule has 0 bridgehead atoms. The molecule has 1 atom stereocenters. The second-order valence-corrected chi connectivity index (χ2v) is 8.73. The van der Waals surface area contributed by atoms with Gasteiger partial charge in [-0.3, -0.25) is 9.80 Å². The van der Waals surface area contributed by atoms with Gasteiger partial charge in [-0.2, -0.15) is 0 Å². The number of rotatable bonds is 5. The number of hydrogen-bond donors (Lipinski definition) is 0. The van der Waals surface area contributed by atoms with E-state index in [1.807, 2.05) is 4.68 Å². The summed E-state index contributed by atoms with van der Waals surface area (Å²) in [4.78, 5) is 5.05. The Bertz CT molecular complexity index is 892. The van der Waals surface area contributed by atoms with Gasteiger partial charge in [-0.1, -0.05) is 60.7 Å². The Morgan fingerprint density at radius 1 is 0.862 bits per heavy atom. The highest BCUT2D eigenvalue weighted by molar-refractivity contribution is 5.25. The number of nitrogens with zero attached hydrogens (tertiary/aromatic N) is 6. The molecule has 0 aliphatic carbocycles. The van der Waals surface area contributed by atoms with Gasteiger partial charge in [-0.05, 0) is 42.3 Å². The molecule has 0 unspecified atom stereocenters. The molecule has 1 fully saturated rings. The van der Waals surface area contributed by atoms with Crippen LogP contribution in [0.15, 0.2) is 60.7 Å². The maximum atomic E-state index is 4.47. The Morgan fingerprint density at radius 3 is 2.10 bits per heavy atom. The van der Waals surface area contributed by atoms with E-state index in [0.717, 1.165) is 38.5 Å². The van der Waals surface area contributed by atoms with E-state index in [-0.39, 0.29) is 11.6 Å². The van der Waals surface area contributed by atoms with Gasteiger partial charge in [-0.25, -0.2) is 4.68 Å². The summed E-state index contributed by atoms with van der Waals surface area (Å²) >= 11 is 0. The topological polar surface area (TPSA) is 50.1 Å². The third-order valence-corrected chi connectivity index (χ3v) is 5.51. The predicted octanol–water partition coefficient (Wildman–Crippen LogP) is 3.34. The molecule has 6 heteroatoms. The zero-order valence-corrected chi connectivity index (χ0v) is 17.6. The van der Waals surface area contributed by atoms with Crippen LogP contribution in [-0.2, 0) is 12.1 Å². The van der Waals surface area contributed by atoms with Crippen LogP contribution in [0, 0.1) is 0 Å². The van der Waals surface area contributed by atoms with Crippen molar-refractivity contribution in [3.63, 3.8) is 0 Å². The standard InChI is InChI=1S/C23H30N6/c1-23(2,3)29-22(24-25-26-29)21(20-12-8-5-9-13-20)28-16-14-27(15-17-28)18-19-10-6-4-7-11-19/h4-13,21H,14-18H2,1-3H3/t21-/m0/s1. The van der Waals surface area contributed by atoms with E-state index in [9.17, 15) is 0 Å². The monoisotopic (exact) mass is 390 g/mol. The summed E-state index contributed by atoms with van der Waals surface area (Å²) in [7, 11) is 0. The second kappa shape index (κ2) is 8.43. The molecule has 0 spiro atoms. The fourth-order valence-electron chi connectivity index (χ4n) is 4.02. The van der Waals surface area contributed by atoms with Crippen molar-refractivity contribution >= 4 is 0 Å². The van der Waals surface area contributed by atoms with Gasteiger partial charge in [0.25, 0.3) is 0 Å². The molecule has 0 saturated carbocycles. The van der Waals surface area contributed by atoms with Crippen LogP contribution in [0.4, 0.5) is 0 Å². The quantitative estimate of drug-likeness (QED) is 0.669. The van der Waals surface area contributed by atoms with Gasteiger partial charge in [-0.15, -0.1) is 5.10 Å². The van der Waals surface area contributed by atoms with Gasteiger partial charge < -0.3 is 0 Å². The fraction of sp³-hybridized carbons (Fsp3) is 0.435. The summed E-state index contributed by atoms with van der Waals surface area (Å²) < 4.78 is 1.97. The van der Waals surface area contributed by atoms with E-state index in [4.69, 9.17) is 0 Å². The lowest BCUT2D eigenvalue weighted by Gasteiger charge is -2.39. The van der Waals surface area contributed by atoms with E-state index in [2.05, 4.69) is 107 Å². The summed E-state index contributed by atoms with van der Waals surface area (Å²) in [5, 5.41) is 12.8. The van der Waals surface area contributed by atoms with Gasteiger partial charge in [0.1, 0.15) is 0 Å². The van der Waals surface area contributed by atoms with Crippen molar-refractivity contribution in [2.75, 3.05) is 26.2 Å². The van der Waals surface area contributed by atoms with Crippen LogP contribution < -0.4 is 0 Å². The van der Waals surface area contributed by atoms with Crippen molar-refractivity contribution in [1.29, 1.82) is 0 Å². The van der Waals surface area contributed by atoms with Crippen molar-refractivity contribution in [3.8, 4) is 0 Å². The van der Waals surface area contributed by atoms with Crippen molar-refractivity contribution in [1.82, 2.24) is 30.0 Å². The summed E-state index contributed by atoms with van der Waals surface area (Å²) in [6.07, 6.45) is 0. The molecule has 3 aromatic rings. The first-order valence-electron chi connectivity index (χ1n) is 10.4. The first kappa shape index (κ1) is 19.7. The minimum Gasteiger partial charge on any atom is -0.297 e. The lowest BCUT2D eigenvalue weighted by molar-refractivity contribution is 0.0979. The van der Waals surface area contributed by atoms with Gasteiger partial charge in [0.15, 0.2) is 5.82 Å². The molecule has 29 heavy (non-hydrogen) atoms. The maximum absolute atomic E-state index is 4.47. The fourth-order valence-corrected chi connectivity index (χ4v) is 4.02. The molecule has 1 aliphatic heterocycles. The van der Waals surface area contributed by atoms with Gasteiger partial charge in [0.2, 0.25) is 0 Å². The Balaban J connectivity index is 1.55.